The van der Waals surface area contributed by atoms with E-state index in [0.29, 0.717) is 5.15 Å². The van der Waals surface area contributed by atoms with E-state index < -0.39 is 0 Å². The van der Waals surface area contributed by atoms with Gasteiger partial charge in [0, 0.05) is 6.20 Å². The maximum absolute atomic E-state index is 5.50. The lowest BCUT2D eigenvalue weighted by molar-refractivity contribution is 1.09. The summed E-state index contributed by atoms with van der Waals surface area (Å²) in [7, 11) is 0. The van der Waals surface area contributed by atoms with Gasteiger partial charge in [0.25, 0.3) is 0 Å². The lowest BCUT2D eigenvalue weighted by atomic mass is 10.3. The molecule has 0 saturated heterocycles. The van der Waals surface area contributed by atoms with E-state index in [2.05, 4.69) is 18.8 Å². The highest BCUT2D eigenvalue weighted by Gasteiger charge is 1.83. The third-order valence-electron chi connectivity index (χ3n) is 0.875. The van der Waals surface area contributed by atoms with E-state index in [-0.39, 0.29) is 0 Å². The van der Waals surface area contributed by atoms with Crippen LogP contribution >= 0.6 is 11.6 Å². The molecule has 0 aromatic carbocycles. The minimum atomic E-state index is 0.551. The molecule has 76 valence electrons. The molecule has 0 aliphatic heterocycles. The molecule has 0 amide bonds. The molecule has 0 aliphatic carbocycles. The molecule has 1 rings (SSSR count). The Kier molecular flexibility index (Phi) is 13.1. The molecule has 0 radical (unpaired) electrons. The molecule has 0 atom stereocenters. The van der Waals surface area contributed by atoms with Crippen LogP contribution < -0.4 is 0 Å². The van der Waals surface area contributed by atoms with E-state index in [4.69, 9.17) is 11.6 Å². The predicted octanol–water partition coefficient (Wildman–Crippen LogP) is 4.49. The van der Waals surface area contributed by atoms with Crippen molar-refractivity contribution in [1.82, 2.24) is 4.98 Å². The Morgan fingerprint density at radius 1 is 1.23 bits per heavy atom. The Labute approximate surface area is 87.2 Å². The van der Waals surface area contributed by atoms with E-state index in [1.165, 1.54) is 6.42 Å². The second-order valence-corrected chi connectivity index (χ2v) is 2.75. The van der Waals surface area contributed by atoms with Crippen molar-refractivity contribution in [2.24, 2.45) is 0 Å². The van der Waals surface area contributed by atoms with E-state index in [9.17, 15) is 0 Å². The summed E-state index contributed by atoms with van der Waals surface area (Å²) in [5.74, 6) is 0. The van der Waals surface area contributed by atoms with Crippen LogP contribution in [0, 0.1) is 6.92 Å². The molecule has 2 heteroatoms. The van der Waals surface area contributed by atoms with Crippen LogP contribution in [0.15, 0.2) is 18.3 Å². The summed E-state index contributed by atoms with van der Waals surface area (Å²) in [5, 5.41) is 0.551. The standard InChI is InChI=1S/C6H6ClN.C3H8.C2H6/c1-5-2-3-6(7)8-4-5;1-3-2;1-2/h2-4H,1H3;3H2,1-2H3;1-2H3. The van der Waals surface area contributed by atoms with Gasteiger partial charge < -0.3 is 0 Å². The number of nitrogens with zero attached hydrogens (tertiary/aromatic N) is 1. The number of rotatable bonds is 0. The average Bonchev–Trinajstić information content (AvgIpc) is 2.15. The molecule has 0 fully saturated rings. The number of aromatic nitrogens is 1. The van der Waals surface area contributed by atoms with Gasteiger partial charge in [0.05, 0.1) is 0 Å². The van der Waals surface area contributed by atoms with Gasteiger partial charge in [-0.3, -0.25) is 0 Å². The van der Waals surface area contributed by atoms with Crippen molar-refractivity contribution in [2.45, 2.75) is 41.0 Å². The number of aryl methyl sites for hydroxylation is 1. The van der Waals surface area contributed by atoms with Gasteiger partial charge in [-0.1, -0.05) is 51.8 Å². The molecule has 0 N–H and O–H groups in total. The number of hydrogen-bond donors (Lipinski definition) is 0. The van der Waals surface area contributed by atoms with Gasteiger partial charge in [-0.2, -0.15) is 0 Å². The molecule has 1 nitrogen and oxygen atoms in total. The van der Waals surface area contributed by atoms with E-state index >= 15 is 0 Å². The van der Waals surface area contributed by atoms with E-state index in [1.54, 1.807) is 12.3 Å². The average molecular weight is 202 g/mol. The normalized spacial score (nSPS) is 7.54. The lowest BCUT2D eigenvalue weighted by Crippen LogP contribution is -1.73. The highest BCUT2D eigenvalue weighted by molar-refractivity contribution is 6.29. The van der Waals surface area contributed by atoms with Crippen LogP contribution in [0.2, 0.25) is 5.15 Å². The highest BCUT2D eigenvalue weighted by Crippen LogP contribution is 2.02. The van der Waals surface area contributed by atoms with Gasteiger partial charge in [0.2, 0.25) is 0 Å². The zero-order valence-corrected chi connectivity index (χ0v) is 10.0. The zero-order chi connectivity index (χ0) is 10.7. The molecule has 0 bridgehead atoms. The fourth-order valence-corrected chi connectivity index (χ4v) is 0.562. The van der Waals surface area contributed by atoms with Crippen LogP contribution in [0.5, 0.6) is 0 Å². The maximum Gasteiger partial charge on any atom is 0.129 e. The number of pyridine rings is 1. The second kappa shape index (κ2) is 11.4. The summed E-state index contributed by atoms with van der Waals surface area (Å²) in [5.41, 5.74) is 1.13. The lowest BCUT2D eigenvalue weighted by Gasteiger charge is -1.87. The highest BCUT2D eigenvalue weighted by atomic mass is 35.5. The van der Waals surface area contributed by atoms with Gasteiger partial charge in [-0.25, -0.2) is 4.98 Å². The van der Waals surface area contributed by atoms with Crippen LogP contribution in [0.1, 0.15) is 39.7 Å². The topological polar surface area (TPSA) is 12.9 Å². The summed E-state index contributed by atoms with van der Waals surface area (Å²) >= 11 is 5.50. The van der Waals surface area contributed by atoms with Gasteiger partial charge in [0.15, 0.2) is 0 Å². The summed E-state index contributed by atoms with van der Waals surface area (Å²) < 4.78 is 0. The zero-order valence-electron chi connectivity index (χ0n) is 9.26. The first-order valence-electron chi connectivity index (χ1n) is 4.78. The van der Waals surface area contributed by atoms with Crippen molar-refractivity contribution < 1.29 is 0 Å². The van der Waals surface area contributed by atoms with E-state index in [0.717, 1.165) is 5.56 Å². The molecule has 0 saturated carbocycles. The van der Waals surface area contributed by atoms with Gasteiger partial charge in [-0.05, 0) is 18.6 Å². The smallest absolute Gasteiger partial charge is 0.129 e. The summed E-state index contributed by atoms with van der Waals surface area (Å²) in [6, 6.07) is 3.70. The van der Waals surface area contributed by atoms with Crippen molar-refractivity contribution in [3.63, 3.8) is 0 Å². The van der Waals surface area contributed by atoms with Gasteiger partial charge in [0.1, 0.15) is 5.15 Å². The fourth-order valence-electron chi connectivity index (χ4n) is 0.450. The van der Waals surface area contributed by atoms with Crippen LogP contribution in [0.3, 0.4) is 0 Å². The van der Waals surface area contributed by atoms with Crippen molar-refractivity contribution in [2.75, 3.05) is 0 Å². The quantitative estimate of drug-likeness (QED) is 0.564. The largest absolute Gasteiger partial charge is 0.244 e. The van der Waals surface area contributed by atoms with E-state index in [1.807, 2.05) is 26.8 Å². The first kappa shape index (κ1) is 14.9. The van der Waals surface area contributed by atoms with Crippen LogP contribution in [-0.4, -0.2) is 4.98 Å². The maximum atomic E-state index is 5.50. The van der Waals surface area contributed by atoms with Gasteiger partial charge >= 0.3 is 0 Å². The fraction of sp³-hybridized carbons (Fsp3) is 0.545. The molecule has 1 heterocycles. The Morgan fingerprint density at radius 2 is 1.69 bits per heavy atom. The molecule has 0 spiro atoms. The van der Waals surface area contributed by atoms with Crippen LogP contribution in [0.25, 0.3) is 0 Å². The minimum absolute atomic E-state index is 0.551. The third-order valence-corrected chi connectivity index (χ3v) is 1.10. The first-order chi connectivity index (χ1) is 6.20. The summed E-state index contributed by atoms with van der Waals surface area (Å²) in [4.78, 5) is 3.84. The number of halogens is 1. The molecule has 0 unspecified atom stereocenters. The van der Waals surface area contributed by atoms with Crippen molar-refractivity contribution >= 4 is 11.6 Å². The second-order valence-electron chi connectivity index (χ2n) is 2.37. The Bertz CT molecular complexity index is 161. The van der Waals surface area contributed by atoms with Crippen molar-refractivity contribution in [1.29, 1.82) is 0 Å². The summed E-state index contributed by atoms with van der Waals surface area (Å²) in [6.45, 7) is 10.2. The van der Waals surface area contributed by atoms with Crippen LogP contribution in [-0.2, 0) is 0 Å². The Morgan fingerprint density at radius 3 is 1.92 bits per heavy atom. The molecular weight excluding hydrogens is 182 g/mol. The monoisotopic (exact) mass is 201 g/mol. The molecule has 0 aliphatic rings. The van der Waals surface area contributed by atoms with Gasteiger partial charge in [-0.15, -0.1) is 0 Å². The molecule has 1 aromatic heterocycles. The van der Waals surface area contributed by atoms with Crippen molar-refractivity contribution in [3.05, 3.63) is 29.0 Å². The van der Waals surface area contributed by atoms with Crippen LogP contribution in [0.4, 0.5) is 0 Å². The first-order valence-corrected chi connectivity index (χ1v) is 5.16. The minimum Gasteiger partial charge on any atom is -0.244 e. The molecular formula is C11H20ClN. The number of hydrogen-bond acceptors (Lipinski definition) is 1. The van der Waals surface area contributed by atoms with Crippen molar-refractivity contribution in [3.8, 4) is 0 Å². The Hall–Kier alpha value is -0.560. The Balaban J connectivity index is 0. The summed E-state index contributed by atoms with van der Waals surface area (Å²) in [6.07, 6.45) is 2.99. The molecule has 13 heavy (non-hydrogen) atoms. The SMILES string of the molecule is CC.CCC.Cc1ccc(Cl)nc1. The third kappa shape index (κ3) is 11.4. The molecule has 1 aromatic rings. The predicted molar refractivity (Wildman–Crippen MR) is 61.3 cm³/mol.